The van der Waals surface area contributed by atoms with E-state index < -0.39 is 10.1 Å². The van der Waals surface area contributed by atoms with Crippen molar-refractivity contribution in [2.24, 2.45) is 44.5 Å². The molecule has 6 fully saturated rings. The van der Waals surface area contributed by atoms with E-state index in [4.69, 9.17) is 21.7 Å². The molecule has 83 heavy (non-hydrogen) atoms. The van der Waals surface area contributed by atoms with Crippen LogP contribution in [0.4, 0.5) is 0 Å². The lowest BCUT2D eigenvalue weighted by Crippen LogP contribution is -2.52. The summed E-state index contributed by atoms with van der Waals surface area (Å²) in [6.45, 7) is 22.7. The second kappa shape index (κ2) is 31.3. The Hall–Kier alpha value is -2.91. The molecule has 4 saturated carbocycles. The predicted molar refractivity (Wildman–Crippen MR) is 344 cm³/mol. The molecule has 15 heteroatoms. The van der Waals surface area contributed by atoms with Crippen LogP contribution in [0.2, 0.25) is 0 Å². The van der Waals surface area contributed by atoms with E-state index in [1.165, 1.54) is 132 Å². The molecule has 5 aliphatic carbocycles. The van der Waals surface area contributed by atoms with Crippen LogP contribution in [0, 0.1) is 34.5 Å². The molecule has 0 aromatic rings. The average Bonchev–Trinajstić information content (AvgIpc) is 3.10. The molecule has 2 N–H and O–H groups in total. The van der Waals surface area contributed by atoms with Crippen LogP contribution in [-0.2, 0) is 19.6 Å². The lowest BCUT2D eigenvalue weighted by Gasteiger charge is -2.45. The van der Waals surface area contributed by atoms with E-state index in [-0.39, 0.29) is 22.7 Å². The number of nitrogens with zero attached hydrogens (tertiary/aromatic N) is 6. The number of nitrogens with one attached hydrogen (secondary N) is 2. The van der Waals surface area contributed by atoms with Gasteiger partial charge in [-0.05, 0) is 170 Å². The molecular formula is C68H116N8O5S2+2. The minimum Gasteiger partial charge on any atom is -0.748 e. The predicted octanol–water partition coefficient (Wildman–Crippen LogP) is 12.4. The summed E-state index contributed by atoms with van der Waals surface area (Å²) >= 11 is 5.89. The summed E-state index contributed by atoms with van der Waals surface area (Å²) in [5.41, 5.74) is 5.66. The largest absolute Gasteiger partial charge is 0.748 e. The fourth-order valence-electron chi connectivity index (χ4n) is 17.0. The Kier molecular flexibility index (Phi) is 24.9. The number of fused-ring (bicyclic) bond motifs is 4. The van der Waals surface area contributed by atoms with Crippen molar-refractivity contribution < 1.29 is 36.0 Å². The molecule has 0 spiro atoms. The van der Waals surface area contributed by atoms with Gasteiger partial charge in [-0.15, -0.1) is 0 Å². The lowest BCUT2D eigenvalue weighted by molar-refractivity contribution is -0.916. The standard InChI is InChI=1S/C68H115N8O5S2/c1-67(2)59-31-15-16-32-60(59)73(43-18-20-52-83(77,78)79)62(67)37-34-55-26-21-27-56(65(55)81-57-28-11-10-12-29-57)35-38-63-68(3,4)64-58-30-14-13-25-54(58)33-36-61(64)74(63)44-22-41-71-66(82)72-42-24-46-75(5,6)45-19-9-8-17-39-69-53-70-40-23-47-76(7)48-50-80-51-49-76/h34-35,37-38,54,57-61,64H,8-33,36,39-52H2,1-7H3,(H-2,71,72,77,78,79,82)/q+1/p+1. The first-order chi connectivity index (χ1) is 39.9. The van der Waals surface area contributed by atoms with Crippen molar-refractivity contribution in [1.29, 1.82) is 0 Å². The highest BCUT2D eigenvalue weighted by Crippen LogP contribution is 2.56. The number of ether oxygens (including phenoxy) is 2. The van der Waals surface area contributed by atoms with Gasteiger partial charge in [-0.25, -0.2) is 23.0 Å². The Balaban J connectivity index is 0.871. The number of morpholine rings is 1. The van der Waals surface area contributed by atoms with Crippen LogP contribution in [0.1, 0.15) is 201 Å². The zero-order chi connectivity index (χ0) is 58.9. The summed E-state index contributed by atoms with van der Waals surface area (Å²) in [6.07, 6.45) is 41.6. The lowest BCUT2D eigenvalue weighted by atomic mass is 9.57. The van der Waals surface area contributed by atoms with Crippen molar-refractivity contribution in [3.05, 3.63) is 46.9 Å². The van der Waals surface area contributed by atoms with Crippen molar-refractivity contribution in [2.75, 3.05) is 112 Å². The van der Waals surface area contributed by atoms with Gasteiger partial charge < -0.3 is 38.5 Å². The van der Waals surface area contributed by atoms with Crippen LogP contribution in [-0.4, -0.2) is 179 Å². The van der Waals surface area contributed by atoms with E-state index in [0.29, 0.717) is 36.8 Å². The molecular weight excluding hydrogens is 1070 g/mol. The number of allylic oxidation sites excluding steroid dienone is 7. The molecule has 3 heterocycles. The number of quaternary nitrogens is 2. The van der Waals surface area contributed by atoms with Gasteiger partial charge in [0.05, 0.1) is 88.2 Å². The van der Waals surface area contributed by atoms with E-state index in [9.17, 15) is 13.0 Å². The van der Waals surface area contributed by atoms with E-state index in [2.05, 4.69) is 109 Å². The normalized spacial score (nSPS) is 28.3. The van der Waals surface area contributed by atoms with Crippen LogP contribution in [0.25, 0.3) is 0 Å². The Labute approximate surface area is 510 Å². The third-order valence-electron chi connectivity index (χ3n) is 21.7. The summed E-state index contributed by atoms with van der Waals surface area (Å²) in [4.78, 5) is 11.5. The molecule has 0 aromatic heterocycles. The van der Waals surface area contributed by atoms with Gasteiger partial charge in [0.15, 0.2) is 16.9 Å². The van der Waals surface area contributed by atoms with Crippen LogP contribution < -0.4 is 10.6 Å². The number of aliphatic imine (C=N–C) groups is 2. The highest BCUT2D eigenvalue weighted by atomic mass is 32.2. The maximum atomic E-state index is 11.6. The van der Waals surface area contributed by atoms with Crippen LogP contribution in [0.3, 0.4) is 0 Å². The van der Waals surface area contributed by atoms with E-state index in [1.807, 2.05) is 0 Å². The second-order valence-electron chi connectivity index (χ2n) is 29.0. The molecule has 0 radical (unpaired) electrons. The third kappa shape index (κ3) is 18.8. The van der Waals surface area contributed by atoms with Crippen LogP contribution in [0.15, 0.2) is 56.9 Å². The summed E-state index contributed by atoms with van der Waals surface area (Å²) in [6, 6.07) is 3.99. The van der Waals surface area contributed by atoms with E-state index in [0.717, 1.165) is 168 Å². The van der Waals surface area contributed by atoms with E-state index >= 15 is 0 Å². The van der Waals surface area contributed by atoms with Crippen molar-refractivity contribution >= 4 is 39.2 Å². The average molecular weight is 1190 g/mol. The molecule has 6 atom stereocenters. The Morgan fingerprint density at radius 2 is 1.49 bits per heavy atom. The van der Waals surface area contributed by atoms with Gasteiger partial charge in [-0.1, -0.05) is 64.9 Å². The number of hydrogen-bond donors (Lipinski definition) is 2. The van der Waals surface area contributed by atoms with Crippen LogP contribution in [0.5, 0.6) is 0 Å². The van der Waals surface area contributed by atoms with Crippen molar-refractivity contribution in [2.45, 2.75) is 219 Å². The smallest absolute Gasteiger partial charge is 0.182 e. The Morgan fingerprint density at radius 3 is 2.28 bits per heavy atom. The fourth-order valence-corrected chi connectivity index (χ4v) is 17.8. The molecule has 468 valence electrons. The molecule has 6 unspecified atom stereocenters. The topological polar surface area (TPSA) is 131 Å². The molecule has 0 aromatic carbocycles. The van der Waals surface area contributed by atoms with Gasteiger partial charge in [-0.2, -0.15) is 0 Å². The molecule has 13 nitrogen and oxygen atoms in total. The highest BCUT2D eigenvalue weighted by molar-refractivity contribution is 7.85. The van der Waals surface area contributed by atoms with Crippen molar-refractivity contribution in [1.82, 2.24) is 15.5 Å². The Morgan fingerprint density at radius 1 is 0.795 bits per heavy atom. The first-order valence-electron chi connectivity index (χ1n) is 34.0. The molecule has 3 aliphatic heterocycles. The maximum Gasteiger partial charge on any atom is 0.182 e. The number of hydrogen-bond acceptors (Lipinski definition) is 9. The first kappa shape index (κ1) is 66.1. The summed E-state index contributed by atoms with van der Waals surface area (Å²) in [5, 5.41) is 7.96. The number of rotatable bonds is 29. The van der Waals surface area contributed by atoms with Crippen LogP contribution >= 0.6 is 12.2 Å². The Bertz CT molecular complexity index is 2440. The minimum atomic E-state index is -4.22. The molecule has 0 amide bonds. The minimum absolute atomic E-state index is 0.00621. The third-order valence-corrected chi connectivity index (χ3v) is 22.8. The first-order valence-corrected chi connectivity index (χ1v) is 36.0. The number of likely N-dealkylation sites (N-methyl/N-ethyl adjacent to an activating group) is 1. The number of thiocarbonyl (C=S) groups is 1. The summed E-state index contributed by atoms with van der Waals surface area (Å²) in [7, 11) is 2.85. The summed E-state index contributed by atoms with van der Waals surface area (Å²) < 4.78 is 52.5. The van der Waals surface area contributed by atoms with Gasteiger partial charge in [0.2, 0.25) is 0 Å². The zero-order valence-corrected chi connectivity index (χ0v) is 55.0. The molecule has 2 saturated heterocycles. The number of likely N-dealkylation sites (tertiary alicyclic amines) is 1. The van der Waals surface area contributed by atoms with E-state index in [1.54, 1.807) is 0 Å². The highest BCUT2D eigenvalue weighted by Gasteiger charge is 2.60. The maximum absolute atomic E-state index is 11.6. The molecule has 8 aliphatic rings. The zero-order valence-electron chi connectivity index (χ0n) is 53.4. The van der Waals surface area contributed by atoms with Gasteiger partial charge in [0, 0.05) is 86.8 Å². The molecule has 0 bridgehead atoms. The monoisotopic (exact) mass is 1190 g/mol. The van der Waals surface area contributed by atoms with Gasteiger partial charge in [-0.3, -0.25) is 0 Å². The SMILES string of the molecule is CC1(C)C(/C=C/C2=C(OC3CCCCC3)C(=C/C=C3/N(CCCCS(=O)(=O)[O-])C4CCCCC4C3(C)C)/CCC2)=[N+](CCCNC(=S)NCCC[N+](C)(C)CCCCCCN=C=NCCC[N+]2(C)CCOCC2)C2CCC3CCCCC3C21. The van der Waals surface area contributed by atoms with Gasteiger partial charge >= 0.3 is 0 Å². The van der Waals surface area contributed by atoms with Crippen molar-refractivity contribution in [3.8, 4) is 0 Å². The summed E-state index contributed by atoms with van der Waals surface area (Å²) in [5.74, 6) is 3.76. The van der Waals surface area contributed by atoms with Crippen molar-refractivity contribution in [3.63, 3.8) is 0 Å². The second-order valence-corrected chi connectivity index (χ2v) is 30.9. The number of unbranched alkanes of at least 4 members (excludes halogenated alkanes) is 4. The fraction of sp³-hybridized carbons (Fsp3) is 0.838. The quantitative estimate of drug-likeness (QED) is 0.0188. The van der Waals surface area contributed by atoms with Gasteiger partial charge in [0.1, 0.15) is 25.4 Å². The molecule has 8 rings (SSSR count). The van der Waals surface area contributed by atoms with Gasteiger partial charge in [0.25, 0.3) is 0 Å².